The Hall–Kier alpha value is -2.79. The molecular weight excluding hydrogens is 396 g/mol. The van der Waals surface area contributed by atoms with Gasteiger partial charge in [-0.2, -0.15) is 0 Å². The minimum absolute atomic E-state index is 0.0650. The number of H-pyrrole nitrogens is 1. The topological polar surface area (TPSA) is 51.4 Å². The molecule has 2 saturated heterocycles. The van der Waals surface area contributed by atoms with Crippen molar-refractivity contribution in [2.24, 2.45) is 0 Å². The van der Waals surface area contributed by atoms with Gasteiger partial charge in [0.15, 0.2) is 0 Å². The second kappa shape index (κ2) is 9.78. The van der Waals surface area contributed by atoms with E-state index in [1.807, 2.05) is 4.90 Å². The summed E-state index contributed by atoms with van der Waals surface area (Å²) in [6, 6.07) is 17.1. The molecule has 2 aromatic carbocycles. The van der Waals surface area contributed by atoms with Crippen LogP contribution in [0, 0.1) is 0 Å². The van der Waals surface area contributed by atoms with Crippen LogP contribution in [0.5, 0.6) is 0 Å². The van der Waals surface area contributed by atoms with Crippen molar-refractivity contribution in [1.29, 1.82) is 0 Å². The number of nitrogens with zero attached hydrogens (tertiary/aromatic N) is 2. The second-order valence-electron chi connectivity index (χ2n) is 9.32. The molecule has 2 aliphatic heterocycles. The van der Waals surface area contributed by atoms with Gasteiger partial charge in [-0.25, -0.2) is 4.79 Å². The first-order chi connectivity index (χ1) is 15.8. The standard InChI is InChI=1S/C27H34N4O/c32-27(29-18-22-8-2-3-9-23(22)20-30-14-6-1-7-15-30)31-16-12-21(13-17-31)25-19-28-26-11-5-4-10-24(25)26/h2-5,8-11,19,21,28H,1,6-7,12-18,20H2,(H,29,32). The highest BCUT2D eigenvalue weighted by Crippen LogP contribution is 2.33. The van der Waals surface area contributed by atoms with E-state index in [0.29, 0.717) is 12.5 Å². The predicted molar refractivity (Wildman–Crippen MR) is 130 cm³/mol. The van der Waals surface area contributed by atoms with E-state index in [1.165, 1.54) is 59.9 Å². The summed E-state index contributed by atoms with van der Waals surface area (Å²) in [7, 11) is 0. The number of urea groups is 1. The molecule has 0 unspecified atom stereocenters. The van der Waals surface area contributed by atoms with E-state index in [2.05, 4.69) is 69.9 Å². The largest absolute Gasteiger partial charge is 0.361 e. The molecule has 1 aromatic heterocycles. The molecule has 5 rings (SSSR count). The number of para-hydroxylation sites is 1. The summed E-state index contributed by atoms with van der Waals surface area (Å²) in [6.07, 6.45) is 8.14. The van der Waals surface area contributed by atoms with Gasteiger partial charge >= 0.3 is 6.03 Å². The number of carbonyl (C=O) groups is 1. The van der Waals surface area contributed by atoms with Crippen molar-refractivity contribution < 1.29 is 4.79 Å². The molecule has 0 radical (unpaired) electrons. The highest BCUT2D eigenvalue weighted by atomic mass is 16.2. The van der Waals surface area contributed by atoms with Crippen LogP contribution >= 0.6 is 0 Å². The molecule has 168 valence electrons. The van der Waals surface area contributed by atoms with Gasteiger partial charge in [-0.15, -0.1) is 0 Å². The molecule has 2 fully saturated rings. The predicted octanol–water partition coefficient (Wildman–Crippen LogP) is 5.24. The number of hydrogen-bond donors (Lipinski definition) is 2. The van der Waals surface area contributed by atoms with E-state index in [-0.39, 0.29) is 6.03 Å². The van der Waals surface area contributed by atoms with E-state index in [4.69, 9.17) is 0 Å². The van der Waals surface area contributed by atoms with Gasteiger partial charge in [-0.05, 0) is 67.4 Å². The molecule has 0 bridgehead atoms. The van der Waals surface area contributed by atoms with E-state index >= 15 is 0 Å². The van der Waals surface area contributed by atoms with Crippen molar-refractivity contribution in [2.75, 3.05) is 26.2 Å². The molecule has 2 N–H and O–H groups in total. The quantitative estimate of drug-likeness (QED) is 0.581. The van der Waals surface area contributed by atoms with Crippen LogP contribution in [0.3, 0.4) is 0 Å². The first-order valence-corrected chi connectivity index (χ1v) is 12.2. The summed E-state index contributed by atoms with van der Waals surface area (Å²) >= 11 is 0. The van der Waals surface area contributed by atoms with Crippen LogP contribution < -0.4 is 5.32 Å². The summed E-state index contributed by atoms with van der Waals surface area (Å²) in [6.45, 7) is 5.59. The average molecular weight is 431 g/mol. The molecule has 0 atom stereocenters. The number of rotatable bonds is 5. The fraction of sp³-hybridized carbons (Fsp3) is 0.444. The Morgan fingerprint density at radius 1 is 0.906 bits per heavy atom. The lowest BCUT2D eigenvalue weighted by molar-refractivity contribution is 0.181. The zero-order valence-corrected chi connectivity index (χ0v) is 18.9. The van der Waals surface area contributed by atoms with Gasteiger partial charge in [0.25, 0.3) is 0 Å². The number of likely N-dealkylation sites (tertiary alicyclic amines) is 2. The third-order valence-electron chi connectivity index (χ3n) is 7.23. The second-order valence-corrected chi connectivity index (χ2v) is 9.32. The molecular formula is C27H34N4O. The zero-order chi connectivity index (χ0) is 21.8. The molecule has 0 aliphatic carbocycles. The molecule has 0 spiro atoms. The van der Waals surface area contributed by atoms with Crippen LogP contribution in [0.2, 0.25) is 0 Å². The normalized spacial score (nSPS) is 18.2. The van der Waals surface area contributed by atoms with Gasteiger partial charge in [0, 0.05) is 43.3 Å². The van der Waals surface area contributed by atoms with E-state index in [9.17, 15) is 4.79 Å². The summed E-state index contributed by atoms with van der Waals surface area (Å²) in [4.78, 5) is 20.8. The smallest absolute Gasteiger partial charge is 0.317 e. The number of hydrogen-bond acceptors (Lipinski definition) is 2. The Bertz CT molecular complexity index is 1040. The lowest BCUT2D eigenvalue weighted by Gasteiger charge is -2.32. The minimum Gasteiger partial charge on any atom is -0.361 e. The van der Waals surface area contributed by atoms with E-state index in [1.54, 1.807) is 0 Å². The zero-order valence-electron chi connectivity index (χ0n) is 18.9. The monoisotopic (exact) mass is 430 g/mol. The molecule has 2 aliphatic rings. The maximum Gasteiger partial charge on any atom is 0.317 e. The third kappa shape index (κ3) is 4.68. The van der Waals surface area contributed by atoms with Crippen molar-refractivity contribution >= 4 is 16.9 Å². The molecule has 5 heteroatoms. The summed E-state index contributed by atoms with van der Waals surface area (Å²) < 4.78 is 0. The number of benzene rings is 2. The molecule has 3 heterocycles. The number of nitrogens with one attached hydrogen (secondary N) is 2. The first-order valence-electron chi connectivity index (χ1n) is 12.2. The number of aromatic amines is 1. The van der Waals surface area contributed by atoms with Gasteiger partial charge in [-0.3, -0.25) is 4.90 Å². The molecule has 0 saturated carbocycles. The lowest BCUT2D eigenvalue weighted by Crippen LogP contribution is -2.44. The van der Waals surface area contributed by atoms with Gasteiger partial charge in [0.05, 0.1) is 0 Å². The summed E-state index contributed by atoms with van der Waals surface area (Å²) in [5, 5.41) is 4.51. The van der Waals surface area contributed by atoms with Gasteiger partial charge in [0.2, 0.25) is 0 Å². The molecule has 2 amide bonds. The van der Waals surface area contributed by atoms with E-state index in [0.717, 1.165) is 32.5 Å². The Morgan fingerprint density at radius 3 is 2.44 bits per heavy atom. The summed E-state index contributed by atoms with van der Waals surface area (Å²) in [5.74, 6) is 0.514. The van der Waals surface area contributed by atoms with Crippen molar-refractivity contribution in [2.45, 2.75) is 51.1 Å². The van der Waals surface area contributed by atoms with Crippen LogP contribution in [0.15, 0.2) is 54.7 Å². The number of fused-ring (bicyclic) bond motifs is 1. The van der Waals surface area contributed by atoms with Gasteiger partial charge in [-0.1, -0.05) is 48.9 Å². The van der Waals surface area contributed by atoms with Gasteiger partial charge < -0.3 is 15.2 Å². The maximum atomic E-state index is 12.9. The van der Waals surface area contributed by atoms with Crippen molar-refractivity contribution in [1.82, 2.24) is 20.1 Å². The highest BCUT2D eigenvalue weighted by molar-refractivity contribution is 5.83. The number of aromatic nitrogens is 1. The number of carbonyl (C=O) groups excluding carboxylic acids is 1. The molecule has 32 heavy (non-hydrogen) atoms. The minimum atomic E-state index is 0.0650. The van der Waals surface area contributed by atoms with Crippen LogP contribution in [-0.2, 0) is 13.1 Å². The van der Waals surface area contributed by atoms with Crippen LogP contribution in [0.1, 0.15) is 54.7 Å². The average Bonchev–Trinajstić information content (AvgIpc) is 3.28. The lowest BCUT2D eigenvalue weighted by atomic mass is 9.89. The Kier molecular flexibility index (Phi) is 6.44. The highest BCUT2D eigenvalue weighted by Gasteiger charge is 2.25. The SMILES string of the molecule is O=C(NCc1ccccc1CN1CCCCC1)N1CCC(c2c[nH]c3ccccc23)CC1. The maximum absolute atomic E-state index is 12.9. The van der Waals surface area contributed by atoms with Crippen LogP contribution in [-0.4, -0.2) is 47.0 Å². The fourth-order valence-corrected chi connectivity index (χ4v) is 5.35. The number of piperidine rings is 2. The first kappa shape index (κ1) is 21.1. The third-order valence-corrected chi connectivity index (χ3v) is 7.23. The Labute approximate surface area is 190 Å². The van der Waals surface area contributed by atoms with Crippen LogP contribution in [0.4, 0.5) is 4.79 Å². The Balaban J connectivity index is 1.15. The van der Waals surface area contributed by atoms with Crippen molar-refractivity contribution in [3.8, 4) is 0 Å². The van der Waals surface area contributed by atoms with Gasteiger partial charge in [0.1, 0.15) is 0 Å². The van der Waals surface area contributed by atoms with E-state index < -0.39 is 0 Å². The van der Waals surface area contributed by atoms with Crippen molar-refractivity contribution in [3.63, 3.8) is 0 Å². The van der Waals surface area contributed by atoms with Crippen molar-refractivity contribution in [3.05, 3.63) is 71.4 Å². The number of amides is 2. The molecule has 5 nitrogen and oxygen atoms in total. The van der Waals surface area contributed by atoms with Crippen LogP contribution in [0.25, 0.3) is 10.9 Å². The summed E-state index contributed by atoms with van der Waals surface area (Å²) in [5.41, 5.74) is 5.17. The Morgan fingerprint density at radius 2 is 1.62 bits per heavy atom. The fourth-order valence-electron chi connectivity index (χ4n) is 5.35. The molecule has 3 aromatic rings.